The van der Waals surface area contributed by atoms with Gasteiger partial charge in [-0.05, 0) is 54.4 Å². The Balaban J connectivity index is 1.86. The highest BCUT2D eigenvalue weighted by molar-refractivity contribution is 7.23. The van der Waals surface area contributed by atoms with Crippen LogP contribution in [-0.4, -0.2) is 29.1 Å². The van der Waals surface area contributed by atoms with Crippen LogP contribution in [0.5, 0.6) is 5.75 Å². The van der Waals surface area contributed by atoms with Crippen molar-refractivity contribution >= 4 is 32.5 Å². The molecule has 0 bridgehead atoms. The Morgan fingerprint density at radius 1 is 1.14 bits per heavy atom. The topological polar surface area (TPSA) is 69.9 Å². The molecule has 0 spiro atoms. The second-order valence-corrected chi connectivity index (χ2v) is 7.22. The van der Waals surface area contributed by atoms with Gasteiger partial charge < -0.3 is 9.47 Å². The van der Waals surface area contributed by atoms with Crippen molar-refractivity contribution in [3.8, 4) is 17.0 Å². The van der Waals surface area contributed by atoms with Gasteiger partial charge in [0.2, 0.25) is 0 Å². The average molecular weight is 394 g/mol. The number of esters is 1. The molecule has 4 aromatic rings. The number of carbonyl (C=O) groups is 1. The molecule has 0 saturated carbocycles. The summed E-state index contributed by atoms with van der Waals surface area (Å²) < 4.78 is 13.2. The molecule has 2 heterocycles. The fraction of sp³-hybridized carbons (Fsp3) is 0.190. The molecular formula is C21H18N2O4S. The zero-order valence-corrected chi connectivity index (χ0v) is 16.3. The lowest BCUT2D eigenvalue weighted by atomic mass is 10.1. The van der Waals surface area contributed by atoms with Crippen molar-refractivity contribution in [2.45, 2.75) is 13.3 Å². The van der Waals surface area contributed by atoms with Crippen molar-refractivity contribution in [3.63, 3.8) is 0 Å². The van der Waals surface area contributed by atoms with Crippen LogP contribution in [0.15, 0.2) is 53.3 Å². The third kappa shape index (κ3) is 3.36. The Morgan fingerprint density at radius 3 is 2.64 bits per heavy atom. The fourth-order valence-electron chi connectivity index (χ4n) is 3.15. The van der Waals surface area contributed by atoms with E-state index < -0.39 is 0 Å². The number of methoxy groups -OCH3 is 1. The van der Waals surface area contributed by atoms with Gasteiger partial charge >= 0.3 is 5.97 Å². The smallest absolute Gasteiger partial charge is 0.310 e. The zero-order valence-electron chi connectivity index (χ0n) is 15.5. The van der Waals surface area contributed by atoms with E-state index in [1.165, 1.54) is 17.4 Å². The molecule has 28 heavy (non-hydrogen) atoms. The first kappa shape index (κ1) is 18.2. The zero-order chi connectivity index (χ0) is 19.7. The third-order valence-corrected chi connectivity index (χ3v) is 5.41. The van der Waals surface area contributed by atoms with Gasteiger partial charge in [-0.15, -0.1) is 0 Å². The van der Waals surface area contributed by atoms with Crippen LogP contribution in [0.4, 0.5) is 0 Å². The number of hydrogen-bond donors (Lipinski definition) is 0. The molecule has 0 aliphatic rings. The Hall–Kier alpha value is -3.19. The van der Waals surface area contributed by atoms with E-state index in [2.05, 4.69) is 4.98 Å². The van der Waals surface area contributed by atoms with Crippen molar-refractivity contribution in [1.82, 2.24) is 9.38 Å². The van der Waals surface area contributed by atoms with Gasteiger partial charge in [-0.25, -0.2) is 0 Å². The predicted molar refractivity (Wildman–Crippen MR) is 109 cm³/mol. The van der Waals surface area contributed by atoms with Crippen LogP contribution in [-0.2, 0) is 16.0 Å². The summed E-state index contributed by atoms with van der Waals surface area (Å²) in [5, 5.41) is 0. The van der Waals surface area contributed by atoms with Crippen molar-refractivity contribution in [2.24, 2.45) is 0 Å². The molecule has 7 heteroatoms. The number of hydrogen-bond acceptors (Lipinski definition) is 6. The second-order valence-electron chi connectivity index (χ2n) is 6.21. The van der Waals surface area contributed by atoms with E-state index in [9.17, 15) is 9.59 Å². The van der Waals surface area contributed by atoms with Crippen LogP contribution >= 0.6 is 11.3 Å². The van der Waals surface area contributed by atoms with Crippen LogP contribution in [0.1, 0.15) is 12.5 Å². The number of aromatic nitrogens is 2. The van der Waals surface area contributed by atoms with Gasteiger partial charge in [-0.2, -0.15) is 4.98 Å². The van der Waals surface area contributed by atoms with E-state index in [1.807, 2.05) is 46.9 Å². The van der Waals surface area contributed by atoms with Gasteiger partial charge in [-0.3, -0.25) is 14.0 Å². The minimum atomic E-state index is -0.288. The first-order valence-corrected chi connectivity index (χ1v) is 9.66. The van der Waals surface area contributed by atoms with E-state index in [0.29, 0.717) is 11.6 Å². The van der Waals surface area contributed by atoms with E-state index in [4.69, 9.17) is 9.47 Å². The van der Waals surface area contributed by atoms with E-state index >= 15 is 0 Å². The highest BCUT2D eigenvalue weighted by Gasteiger charge is 2.14. The molecule has 0 N–H and O–H groups in total. The Kier molecular flexibility index (Phi) is 4.83. The molecule has 0 aliphatic carbocycles. The number of carbonyl (C=O) groups excluding carboxylic acids is 1. The molecule has 0 atom stereocenters. The maximum Gasteiger partial charge on any atom is 0.310 e. The Bertz CT molecular complexity index is 1230. The van der Waals surface area contributed by atoms with Crippen LogP contribution in [0.2, 0.25) is 0 Å². The highest BCUT2D eigenvalue weighted by Crippen LogP contribution is 2.31. The van der Waals surface area contributed by atoms with Gasteiger partial charge in [0.15, 0.2) is 4.96 Å². The summed E-state index contributed by atoms with van der Waals surface area (Å²) in [4.78, 5) is 28.7. The maximum atomic E-state index is 12.2. The second kappa shape index (κ2) is 7.44. The quantitative estimate of drug-likeness (QED) is 0.483. The van der Waals surface area contributed by atoms with E-state index in [-0.39, 0.29) is 17.9 Å². The Morgan fingerprint density at radius 2 is 1.93 bits per heavy atom. The standard InChI is InChI=1S/C21H18N2O4S/c1-3-27-20(25)11-13-4-9-16-18(10-13)28-21-22-19(24)12-17(23(16)21)14-5-7-15(26-2)8-6-14/h4-10,12H,3,11H2,1-2H3. The minimum Gasteiger partial charge on any atom is -0.497 e. The average Bonchev–Trinajstić information content (AvgIpc) is 3.04. The third-order valence-electron chi connectivity index (χ3n) is 4.40. The summed E-state index contributed by atoms with van der Waals surface area (Å²) >= 11 is 1.42. The van der Waals surface area contributed by atoms with Gasteiger partial charge in [0.25, 0.3) is 5.56 Å². The lowest BCUT2D eigenvalue weighted by molar-refractivity contribution is -0.142. The van der Waals surface area contributed by atoms with Crippen molar-refractivity contribution in [2.75, 3.05) is 13.7 Å². The number of thiazole rings is 1. The number of fused-ring (bicyclic) bond motifs is 3. The Labute approximate surface area is 165 Å². The summed E-state index contributed by atoms with van der Waals surface area (Å²) in [6.45, 7) is 2.15. The van der Waals surface area contributed by atoms with Crippen LogP contribution in [0.25, 0.3) is 26.4 Å². The predicted octanol–water partition coefficient (Wildman–Crippen LogP) is 3.69. The summed E-state index contributed by atoms with van der Waals surface area (Å²) in [6, 6.07) is 14.9. The summed E-state index contributed by atoms with van der Waals surface area (Å²) in [7, 11) is 1.62. The van der Waals surface area contributed by atoms with Gasteiger partial charge in [0.05, 0.1) is 36.0 Å². The summed E-state index contributed by atoms with van der Waals surface area (Å²) in [6.07, 6.45) is 0.217. The lowest BCUT2D eigenvalue weighted by Gasteiger charge is -2.07. The van der Waals surface area contributed by atoms with E-state index in [1.54, 1.807) is 14.0 Å². The molecule has 142 valence electrons. The molecule has 4 rings (SSSR count). The molecule has 0 radical (unpaired) electrons. The summed E-state index contributed by atoms with van der Waals surface area (Å²) in [5.41, 5.74) is 3.18. The molecule has 2 aromatic heterocycles. The van der Waals surface area contributed by atoms with Gasteiger partial charge in [-0.1, -0.05) is 17.4 Å². The SMILES string of the molecule is CCOC(=O)Cc1ccc2c(c1)sc1nc(=O)cc(-c3ccc(OC)cc3)n12. The molecule has 2 aromatic carbocycles. The number of ether oxygens (including phenoxy) is 2. The number of nitrogens with zero attached hydrogens (tertiary/aromatic N) is 2. The van der Waals surface area contributed by atoms with Gasteiger partial charge in [0.1, 0.15) is 5.75 Å². The molecule has 0 unspecified atom stereocenters. The molecule has 0 amide bonds. The first-order valence-electron chi connectivity index (χ1n) is 8.84. The molecule has 0 fully saturated rings. The number of rotatable bonds is 5. The largest absolute Gasteiger partial charge is 0.497 e. The van der Waals surface area contributed by atoms with Crippen LogP contribution in [0.3, 0.4) is 0 Å². The van der Waals surface area contributed by atoms with Crippen LogP contribution < -0.4 is 10.3 Å². The highest BCUT2D eigenvalue weighted by atomic mass is 32.1. The van der Waals surface area contributed by atoms with Gasteiger partial charge in [0, 0.05) is 6.07 Å². The summed E-state index contributed by atoms with van der Waals surface area (Å²) in [5.74, 6) is 0.495. The van der Waals surface area contributed by atoms with E-state index in [0.717, 1.165) is 32.8 Å². The maximum absolute atomic E-state index is 12.2. The first-order chi connectivity index (χ1) is 13.6. The monoisotopic (exact) mass is 394 g/mol. The van der Waals surface area contributed by atoms with Crippen molar-refractivity contribution in [1.29, 1.82) is 0 Å². The fourth-order valence-corrected chi connectivity index (χ4v) is 4.24. The molecule has 6 nitrogen and oxygen atoms in total. The number of benzene rings is 2. The van der Waals surface area contributed by atoms with Crippen molar-refractivity contribution in [3.05, 3.63) is 64.4 Å². The lowest BCUT2D eigenvalue weighted by Crippen LogP contribution is -2.08. The molecule has 0 aliphatic heterocycles. The molecule has 0 saturated heterocycles. The molecular weight excluding hydrogens is 376 g/mol. The van der Waals surface area contributed by atoms with Crippen molar-refractivity contribution < 1.29 is 14.3 Å². The normalized spacial score (nSPS) is 11.1. The minimum absolute atomic E-state index is 0.217. The van der Waals surface area contributed by atoms with Crippen LogP contribution in [0, 0.1) is 0 Å².